The van der Waals surface area contributed by atoms with Gasteiger partial charge in [-0.05, 0) is 24.3 Å². The summed E-state index contributed by atoms with van der Waals surface area (Å²) >= 11 is 0.333. The fourth-order valence-electron chi connectivity index (χ4n) is 2.18. The van der Waals surface area contributed by atoms with Crippen molar-refractivity contribution in [3.05, 3.63) is 70.8 Å². The molecule has 0 saturated heterocycles. The van der Waals surface area contributed by atoms with E-state index >= 15 is 0 Å². The molecular weight excluding hydrogens is 402 g/mol. The number of esters is 1. The summed E-state index contributed by atoms with van der Waals surface area (Å²) < 4.78 is 59.2. The molecule has 1 N–H and O–H groups in total. The second-order valence-electron chi connectivity index (χ2n) is 5.34. The predicted molar refractivity (Wildman–Crippen MR) is 92.8 cm³/mol. The third kappa shape index (κ3) is 4.89. The van der Waals surface area contributed by atoms with Gasteiger partial charge < -0.3 is 10.1 Å². The van der Waals surface area contributed by atoms with Gasteiger partial charge in [-0.25, -0.2) is 22.4 Å². The second kappa shape index (κ2) is 9.36. The van der Waals surface area contributed by atoms with Crippen LogP contribution in [0.15, 0.2) is 36.4 Å². The van der Waals surface area contributed by atoms with Crippen molar-refractivity contribution in [1.29, 1.82) is 0 Å². The van der Waals surface area contributed by atoms with Gasteiger partial charge in [-0.3, -0.25) is 9.59 Å². The molecule has 1 atom stereocenters. The van der Waals surface area contributed by atoms with Gasteiger partial charge in [-0.2, -0.15) is 0 Å². The first kappa shape index (κ1) is 21.4. The van der Waals surface area contributed by atoms with Crippen LogP contribution in [-0.4, -0.2) is 35.9 Å². The van der Waals surface area contributed by atoms with Crippen LogP contribution in [0.5, 0.6) is 0 Å². The molecule has 1 amide bonds. The lowest BCUT2D eigenvalue weighted by molar-refractivity contribution is -0.142. The average Bonchev–Trinajstić information content (AvgIpc) is 2.64. The van der Waals surface area contributed by atoms with Crippen LogP contribution < -0.4 is 5.32 Å². The van der Waals surface area contributed by atoms with Crippen LogP contribution in [0.1, 0.15) is 20.7 Å². The van der Waals surface area contributed by atoms with E-state index in [-0.39, 0.29) is 0 Å². The average molecular weight is 415 g/mol. The Bertz CT molecular complexity index is 882. The summed E-state index contributed by atoms with van der Waals surface area (Å²) in [7, 11) is 0.994. The van der Waals surface area contributed by atoms with Crippen LogP contribution in [-0.2, 0) is 9.53 Å². The minimum atomic E-state index is -1.50. The largest absolute Gasteiger partial charge is 0.467 e. The Labute approximate surface area is 161 Å². The SMILES string of the molecule is COC(=O)C(CSC(=O)c1c(F)cccc1F)NC(=O)c1c(F)cccc1F. The maximum absolute atomic E-state index is 13.7. The molecule has 28 heavy (non-hydrogen) atoms. The lowest BCUT2D eigenvalue weighted by Crippen LogP contribution is -2.44. The zero-order chi connectivity index (χ0) is 20.8. The van der Waals surface area contributed by atoms with Crippen LogP contribution >= 0.6 is 11.8 Å². The number of halogens is 4. The highest BCUT2D eigenvalue weighted by Gasteiger charge is 2.27. The van der Waals surface area contributed by atoms with Gasteiger partial charge in [0.2, 0.25) is 5.12 Å². The molecular formula is C18H13F4NO4S. The second-order valence-corrected chi connectivity index (χ2v) is 6.33. The molecule has 0 heterocycles. The maximum Gasteiger partial charge on any atom is 0.329 e. The Morgan fingerprint density at radius 2 is 1.39 bits per heavy atom. The van der Waals surface area contributed by atoms with Gasteiger partial charge in [0.1, 0.15) is 40.4 Å². The molecule has 0 aliphatic carbocycles. The van der Waals surface area contributed by atoms with Crippen molar-refractivity contribution in [2.24, 2.45) is 0 Å². The van der Waals surface area contributed by atoms with Crippen molar-refractivity contribution in [2.45, 2.75) is 6.04 Å². The number of nitrogens with one attached hydrogen (secondary N) is 1. The third-order valence-electron chi connectivity index (χ3n) is 3.53. The van der Waals surface area contributed by atoms with Gasteiger partial charge in [-0.15, -0.1) is 0 Å². The number of carbonyl (C=O) groups excluding carboxylic acids is 3. The van der Waals surface area contributed by atoms with Crippen LogP contribution in [0, 0.1) is 23.3 Å². The minimum Gasteiger partial charge on any atom is -0.467 e. The molecule has 0 aliphatic rings. The summed E-state index contributed by atoms with van der Waals surface area (Å²) in [4.78, 5) is 36.0. The molecule has 0 aliphatic heterocycles. The number of methoxy groups -OCH3 is 1. The zero-order valence-electron chi connectivity index (χ0n) is 14.3. The molecule has 0 radical (unpaired) electrons. The first-order valence-corrected chi connectivity index (χ1v) is 8.68. The van der Waals surface area contributed by atoms with Crippen LogP contribution in [0.3, 0.4) is 0 Å². The van der Waals surface area contributed by atoms with Crippen molar-refractivity contribution >= 4 is 28.8 Å². The summed E-state index contributed by atoms with van der Waals surface area (Å²) in [6.07, 6.45) is 0. The van der Waals surface area contributed by atoms with Gasteiger partial charge in [0.25, 0.3) is 5.91 Å². The third-order valence-corrected chi connectivity index (χ3v) is 4.50. The quantitative estimate of drug-likeness (QED) is 0.580. The Kier molecular flexibility index (Phi) is 7.16. The van der Waals surface area contributed by atoms with E-state index in [0.29, 0.717) is 11.8 Å². The molecule has 0 fully saturated rings. The van der Waals surface area contributed by atoms with E-state index in [2.05, 4.69) is 4.74 Å². The van der Waals surface area contributed by atoms with Crippen molar-refractivity contribution in [1.82, 2.24) is 5.32 Å². The normalized spacial score (nSPS) is 11.6. The van der Waals surface area contributed by atoms with Gasteiger partial charge >= 0.3 is 5.97 Å². The number of hydrogen-bond donors (Lipinski definition) is 1. The monoisotopic (exact) mass is 415 g/mol. The fraction of sp³-hybridized carbons (Fsp3) is 0.167. The molecule has 2 aromatic rings. The molecule has 1 unspecified atom stereocenters. The van der Waals surface area contributed by atoms with Crippen molar-refractivity contribution in [3.8, 4) is 0 Å². The van der Waals surface area contributed by atoms with Gasteiger partial charge in [0, 0.05) is 5.75 Å². The van der Waals surface area contributed by atoms with E-state index in [4.69, 9.17) is 0 Å². The topological polar surface area (TPSA) is 72.5 Å². The van der Waals surface area contributed by atoms with Crippen LogP contribution in [0.25, 0.3) is 0 Å². The van der Waals surface area contributed by atoms with Gasteiger partial charge in [0.05, 0.1) is 7.11 Å². The lowest BCUT2D eigenvalue weighted by Gasteiger charge is -2.16. The molecule has 0 aromatic heterocycles. The number of carbonyl (C=O) groups is 3. The smallest absolute Gasteiger partial charge is 0.329 e. The maximum atomic E-state index is 13.7. The number of thioether (sulfide) groups is 1. The highest BCUT2D eigenvalue weighted by Crippen LogP contribution is 2.20. The zero-order valence-corrected chi connectivity index (χ0v) is 15.1. The Morgan fingerprint density at radius 1 is 0.929 bits per heavy atom. The Hall–Kier alpha value is -2.88. The Balaban J connectivity index is 2.15. The minimum absolute atomic E-state index is 0.333. The van der Waals surface area contributed by atoms with E-state index in [1.54, 1.807) is 0 Å². The number of rotatable bonds is 6. The van der Waals surface area contributed by atoms with E-state index in [0.717, 1.165) is 43.5 Å². The van der Waals surface area contributed by atoms with Gasteiger partial charge in [-0.1, -0.05) is 23.9 Å². The van der Waals surface area contributed by atoms with E-state index in [1.165, 1.54) is 0 Å². The molecule has 148 valence electrons. The molecule has 2 aromatic carbocycles. The summed E-state index contributed by atoms with van der Waals surface area (Å²) in [6, 6.07) is 4.10. The number of benzene rings is 2. The molecule has 10 heteroatoms. The Morgan fingerprint density at radius 3 is 1.86 bits per heavy atom. The van der Waals surface area contributed by atoms with Crippen molar-refractivity contribution in [2.75, 3.05) is 12.9 Å². The molecule has 2 rings (SSSR count). The molecule has 0 spiro atoms. The first-order valence-electron chi connectivity index (χ1n) is 7.70. The predicted octanol–water partition coefficient (Wildman–Crippen LogP) is 3.09. The first-order chi connectivity index (χ1) is 13.3. The summed E-state index contributed by atoms with van der Waals surface area (Å²) in [5, 5.41) is 1.02. The van der Waals surface area contributed by atoms with Crippen molar-refractivity contribution in [3.63, 3.8) is 0 Å². The fourth-order valence-corrected chi connectivity index (χ4v) is 3.06. The number of hydrogen-bond acceptors (Lipinski definition) is 5. The molecule has 0 saturated carbocycles. The van der Waals surface area contributed by atoms with Crippen LogP contribution in [0.4, 0.5) is 17.6 Å². The highest BCUT2D eigenvalue weighted by molar-refractivity contribution is 8.14. The van der Waals surface area contributed by atoms with Crippen molar-refractivity contribution < 1.29 is 36.7 Å². The summed E-state index contributed by atoms with van der Waals surface area (Å²) in [6.45, 7) is 0. The van der Waals surface area contributed by atoms with Gasteiger partial charge in [0.15, 0.2) is 0 Å². The van der Waals surface area contributed by atoms with Crippen LogP contribution in [0.2, 0.25) is 0 Å². The summed E-state index contributed by atoms with van der Waals surface area (Å²) in [5.41, 5.74) is -1.74. The van der Waals surface area contributed by atoms with E-state index in [9.17, 15) is 31.9 Å². The lowest BCUT2D eigenvalue weighted by atomic mass is 10.1. The number of ether oxygens (including phenoxy) is 1. The summed E-state index contributed by atoms with van der Waals surface area (Å²) in [5.74, 6) is -7.25. The highest BCUT2D eigenvalue weighted by atomic mass is 32.2. The number of amides is 1. The van der Waals surface area contributed by atoms with E-state index < -0.39 is 63.2 Å². The molecule has 5 nitrogen and oxygen atoms in total. The molecule has 0 bridgehead atoms. The van der Waals surface area contributed by atoms with E-state index in [1.807, 2.05) is 5.32 Å². The standard InChI is InChI=1S/C18H13F4NO4S/c1-27-17(25)13(23-16(24)14-9(19)4-2-5-10(14)20)8-28-18(26)15-11(21)6-3-7-12(15)22/h2-7,13H,8H2,1H3,(H,23,24).